The van der Waals surface area contributed by atoms with Crippen molar-refractivity contribution in [3.8, 4) is 0 Å². The molecule has 18 heavy (non-hydrogen) atoms. The summed E-state index contributed by atoms with van der Waals surface area (Å²) in [6.45, 7) is 8.42. The number of nitrogens with one attached hydrogen (secondary N) is 1. The summed E-state index contributed by atoms with van der Waals surface area (Å²) in [6, 6.07) is 8.28. The van der Waals surface area contributed by atoms with E-state index in [1.54, 1.807) is 0 Å². The molecule has 0 radical (unpaired) electrons. The average molecular weight is 239 g/mol. The molecule has 0 unspecified atom stereocenters. The number of benzene rings is 1. The minimum Gasteiger partial charge on any atom is -0.304 e. The van der Waals surface area contributed by atoms with Gasteiger partial charge in [0.1, 0.15) is 0 Å². The van der Waals surface area contributed by atoms with Crippen LogP contribution >= 0.6 is 0 Å². The third kappa shape index (κ3) is 2.45. The van der Waals surface area contributed by atoms with Crippen molar-refractivity contribution in [2.75, 3.05) is 0 Å². The lowest BCUT2D eigenvalue weighted by Gasteiger charge is -2.22. The van der Waals surface area contributed by atoms with E-state index in [4.69, 9.17) is 5.41 Å². The van der Waals surface area contributed by atoms with E-state index in [0.29, 0.717) is 5.71 Å². The van der Waals surface area contributed by atoms with Gasteiger partial charge in [0.15, 0.2) is 0 Å². The maximum Gasteiger partial charge on any atom is 0.0445 e. The highest BCUT2D eigenvalue weighted by Crippen LogP contribution is 2.32. The van der Waals surface area contributed by atoms with E-state index in [2.05, 4.69) is 58.0 Å². The van der Waals surface area contributed by atoms with Crippen LogP contribution < -0.4 is 0 Å². The van der Waals surface area contributed by atoms with Gasteiger partial charge in [-0.1, -0.05) is 62.8 Å². The second kappa shape index (κ2) is 4.56. The third-order valence-electron chi connectivity index (χ3n) is 3.34. The topological polar surface area (TPSA) is 23.9 Å². The normalized spacial score (nSPS) is 15.3. The summed E-state index contributed by atoms with van der Waals surface area (Å²) in [5.41, 5.74) is 5.53. The maximum atomic E-state index is 8.39. The highest BCUT2D eigenvalue weighted by atomic mass is 14.5. The highest BCUT2D eigenvalue weighted by Gasteiger charge is 2.22. The van der Waals surface area contributed by atoms with Gasteiger partial charge in [0.25, 0.3) is 0 Å². The van der Waals surface area contributed by atoms with Crippen molar-refractivity contribution in [1.29, 1.82) is 5.41 Å². The first kappa shape index (κ1) is 12.8. The minimum absolute atomic E-state index is 0.113. The second-order valence-corrected chi connectivity index (χ2v) is 5.99. The van der Waals surface area contributed by atoms with Crippen molar-refractivity contribution < 1.29 is 0 Å². The summed E-state index contributed by atoms with van der Waals surface area (Å²) in [6.07, 6.45) is 5.46. The maximum absolute atomic E-state index is 8.39. The van der Waals surface area contributed by atoms with Gasteiger partial charge >= 0.3 is 0 Å². The zero-order valence-electron chi connectivity index (χ0n) is 11.7. The van der Waals surface area contributed by atoms with Crippen LogP contribution in [-0.2, 0) is 0 Å². The van der Waals surface area contributed by atoms with E-state index >= 15 is 0 Å². The summed E-state index contributed by atoms with van der Waals surface area (Å²) in [5, 5.41) is 8.39. The van der Waals surface area contributed by atoms with Crippen LogP contribution in [-0.4, -0.2) is 5.71 Å². The molecule has 0 saturated carbocycles. The van der Waals surface area contributed by atoms with Crippen molar-refractivity contribution in [2.45, 2.75) is 34.1 Å². The lowest BCUT2D eigenvalue weighted by Crippen LogP contribution is -2.21. The van der Waals surface area contributed by atoms with Crippen molar-refractivity contribution >= 4 is 11.3 Å². The molecule has 2 rings (SSSR count). The van der Waals surface area contributed by atoms with Crippen LogP contribution in [0.5, 0.6) is 0 Å². The molecular formula is C17H21N. The molecule has 1 N–H and O–H groups in total. The van der Waals surface area contributed by atoms with Crippen LogP contribution in [0.3, 0.4) is 0 Å². The molecule has 1 aliphatic carbocycles. The molecule has 0 aliphatic heterocycles. The number of rotatable bonds is 2. The van der Waals surface area contributed by atoms with Crippen molar-refractivity contribution in [3.63, 3.8) is 0 Å². The van der Waals surface area contributed by atoms with Gasteiger partial charge in [0.05, 0.1) is 0 Å². The zero-order valence-corrected chi connectivity index (χ0v) is 11.7. The van der Waals surface area contributed by atoms with E-state index < -0.39 is 0 Å². The van der Waals surface area contributed by atoms with Crippen LogP contribution in [0.25, 0.3) is 5.57 Å². The molecule has 1 heteroatoms. The zero-order chi connectivity index (χ0) is 13.3. The Hall–Kier alpha value is -1.63. The number of hydrogen-bond donors (Lipinski definition) is 1. The quantitative estimate of drug-likeness (QED) is 0.714. The molecule has 94 valence electrons. The van der Waals surface area contributed by atoms with Gasteiger partial charge < -0.3 is 5.41 Å². The predicted molar refractivity (Wildman–Crippen MR) is 79.1 cm³/mol. The molecule has 0 aromatic heterocycles. The summed E-state index contributed by atoms with van der Waals surface area (Å²) in [4.78, 5) is 0. The van der Waals surface area contributed by atoms with Crippen molar-refractivity contribution in [3.05, 3.63) is 53.1 Å². The molecule has 0 fully saturated rings. The van der Waals surface area contributed by atoms with Gasteiger partial charge in [-0.15, -0.1) is 0 Å². The van der Waals surface area contributed by atoms with Crippen molar-refractivity contribution in [2.24, 2.45) is 5.41 Å². The Kier molecular flexibility index (Phi) is 3.25. The van der Waals surface area contributed by atoms with E-state index in [1.807, 2.05) is 6.07 Å². The fourth-order valence-electron chi connectivity index (χ4n) is 2.24. The first-order chi connectivity index (χ1) is 8.39. The van der Waals surface area contributed by atoms with Gasteiger partial charge in [-0.05, 0) is 24.5 Å². The standard InChI is InChI=1S/C17H21N/c1-12-9-10-13(11-12)14-7-5-6-8-15(14)16(18)17(2,3)4/h5-9,11,18H,10H2,1-4H3. The summed E-state index contributed by atoms with van der Waals surface area (Å²) in [7, 11) is 0. The largest absolute Gasteiger partial charge is 0.304 e. The van der Waals surface area contributed by atoms with Crippen molar-refractivity contribution in [1.82, 2.24) is 0 Å². The Morgan fingerprint density at radius 3 is 2.39 bits per heavy atom. The van der Waals surface area contributed by atoms with E-state index in [-0.39, 0.29) is 5.41 Å². The molecule has 0 saturated heterocycles. The van der Waals surface area contributed by atoms with E-state index in [9.17, 15) is 0 Å². The van der Waals surface area contributed by atoms with E-state index in [1.165, 1.54) is 16.7 Å². The SMILES string of the molecule is CC1=CCC(c2ccccc2C(=N)C(C)(C)C)=C1. The molecule has 1 nitrogen and oxygen atoms in total. The molecule has 1 aromatic carbocycles. The van der Waals surface area contributed by atoms with Gasteiger partial charge in [0, 0.05) is 16.7 Å². The molecule has 0 heterocycles. The fraction of sp³-hybridized carbons (Fsp3) is 0.353. The number of hydrogen-bond acceptors (Lipinski definition) is 1. The summed E-state index contributed by atoms with van der Waals surface area (Å²) in [5.74, 6) is 0. The summed E-state index contributed by atoms with van der Waals surface area (Å²) >= 11 is 0. The molecule has 0 amide bonds. The van der Waals surface area contributed by atoms with Gasteiger partial charge in [-0.25, -0.2) is 0 Å². The average Bonchev–Trinajstić information content (AvgIpc) is 2.73. The predicted octanol–water partition coefficient (Wildman–Crippen LogP) is 4.83. The molecular weight excluding hydrogens is 218 g/mol. The van der Waals surface area contributed by atoms with E-state index in [0.717, 1.165) is 12.0 Å². The first-order valence-electron chi connectivity index (χ1n) is 6.46. The Bertz CT molecular complexity index is 539. The van der Waals surface area contributed by atoms with Gasteiger partial charge in [-0.3, -0.25) is 0 Å². The monoisotopic (exact) mass is 239 g/mol. The number of allylic oxidation sites excluding steroid dienone is 4. The van der Waals surface area contributed by atoms with Crippen LogP contribution in [0.1, 0.15) is 45.2 Å². The second-order valence-electron chi connectivity index (χ2n) is 5.99. The summed E-state index contributed by atoms with van der Waals surface area (Å²) < 4.78 is 0. The first-order valence-corrected chi connectivity index (χ1v) is 6.46. The highest BCUT2D eigenvalue weighted by molar-refractivity contribution is 6.05. The molecule has 0 atom stereocenters. The van der Waals surface area contributed by atoms with Crippen LogP contribution in [0, 0.1) is 10.8 Å². The third-order valence-corrected chi connectivity index (χ3v) is 3.34. The Morgan fingerprint density at radius 2 is 1.83 bits per heavy atom. The van der Waals surface area contributed by atoms with Crippen LogP contribution in [0.4, 0.5) is 0 Å². The fourth-order valence-corrected chi connectivity index (χ4v) is 2.24. The van der Waals surface area contributed by atoms with Gasteiger partial charge in [-0.2, -0.15) is 0 Å². The molecule has 1 aliphatic rings. The minimum atomic E-state index is -0.113. The van der Waals surface area contributed by atoms with Crippen LogP contribution in [0.2, 0.25) is 0 Å². The Balaban J connectivity index is 2.45. The lowest BCUT2D eigenvalue weighted by atomic mass is 9.82. The Labute approximate surface area is 110 Å². The molecule has 1 aromatic rings. The van der Waals surface area contributed by atoms with Gasteiger partial charge in [0.2, 0.25) is 0 Å². The smallest absolute Gasteiger partial charge is 0.0445 e. The van der Waals surface area contributed by atoms with Crippen LogP contribution in [0.15, 0.2) is 42.0 Å². The molecule has 0 bridgehead atoms. The Morgan fingerprint density at radius 1 is 1.17 bits per heavy atom. The lowest BCUT2D eigenvalue weighted by molar-refractivity contribution is 0.588. The molecule has 0 spiro atoms.